The molecule has 2 aliphatic rings. The van der Waals surface area contributed by atoms with E-state index in [0.29, 0.717) is 11.5 Å². The van der Waals surface area contributed by atoms with Crippen LogP contribution in [0.25, 0.3) is 0 Å². The molecule has 0 saturated heterocycles. The first kappa shape index (κ1) is 15.3. The Morgan fingerprint density at radius 3 is 2.50 bits per heavy atom. The van der Waals surface area contributed by atoms with Gasteiger partial charge in [-0.05, 0) is 42.7 Å². The average Bonchev–Trinajstić information content (AvgIpc) is 2.55. The first-order valence-corrected chi connectivity index (χ1v) is 8.35. The minimum Gasteiger partial charge on any atom is -0.493 e. The largest absolute Gasteiger partial charge is 0.493 e. The van der Waals surface area contributed by atoms with Crippen LogP contribution in [0.1, 0.15) is 44.1 Å². The van der Waals surface area contributed by atoms with E-state index >= 15 is 0 Å². The third-order valence-electron chi connectivity index (χ3n) is 5.47. The molecule has 3 rings (SSSR count). The predicted molar refractivity (Wildman–Crippen MR) is 91.0 cm³/mol. The van der Waals surface area contributed by atoms with Gasteiger partial charge in [-0.3, -0.25) is 0 Å². The summed E-state index contributed by atoms with van der Waals surface area (Å²) >= 11 is 0. The van der Waals surface area contributed by atoms with E-state index < -0.39 is 0 Å². The minimum absolute atomic E-state index is 0.374. The number of ether oxygens (including phenoxy) is 2. The van der Waals surface area contributed by atoms with Gasteiger partial charge in [0.1, 0.15) is 0 Å². The summed E-state index contributed by atoms with van der Waals surface area (Å²) in [5.74, 6) is 1.63. The fraction of sp³-hybridized carbons (Fsp3) is 0.579. The van der Waals surface area contributed by atoms with Crippen LogP contribution in [0, 0.1) is 5.41 Å². The van der Waals surface area contributed by atoms with Crippen LogP contribution in [0.2, 0.25) is 0 Å². The van der Waals surface area contributed by atoms with Crippen LogP contribution in [-0.2, 0) is 6.42 Å². The van der Waals surface area contributed by atoms with Gasteiger partial charge in [0, 0.05) is 17.8 Å². The van der Waals surface area contributed by atoms with Crippen molar-refractivity contribution >= 4 is 5.69 Å². The first-order valence-electron chi connectivity index (χ1n) is 8.35. The SMILES string of the molecule is C=CCC1Nc2cc(OC)c(OC)cc2CC12CCCCC2. The molecular weight excluding hydrogens is 274 g/mol. The quantitative estimate of drug-likeness (QED) is 0.827. The summed E-state index contributed by atoms with van der Waals surface area (Å²) in [6.07, 6.45) is 10.9. The Labute approximate surface area is 133 Å². The van der Waals surface area contributed by atoms with E-state index in [1.54, 1.807) is 14.2 Å². The van der Waals surface area contributed by atoms with Gasteiger partial charge >= 0.3 is 0 Å². The van der Waals surface area contributed by atoms with E-state index in [9.17, 15) is 0 Å². The van der Waals surface area contributed by atoms with Crippen molar-refractivity contribution in [3.63, 3.8) is 0 Å². The fourth-order valence-corrected chi connectivity index (χ4v) is 4.30. The van der Waals surface area contributed by atoms with Crippen molar-refractivity contribution in [2.24, 2.45) is 5.41 Å². The number of fused-ring (bicyclic) bond motifs is 1. The van der Waals surface area contributed by atoms with Crippen molar-refractivity contribution in [2.45, 2.75) is 51.0 Å². The number of hydrogen-bond acceptors (Lipinski definition) is 3. The number of anilines is 1. The molecule has 1 heterocycles. The lowest BCUT2D eigenvalue weighted by Gasteiger charge is -2.48. The highest BCUT2D eigenvalue weighted by Gasteiger charge is 2.42. The summed E-state index contributed by atoms with van der Waals surface area (Å²) in [6.45, 7) is 3.97. The molecule has 1 aliphatic carbocycles. The second-order valence-electron chi connectivity index (χ2n) is 6.69. The molecule has 1 aromatic rings. The van der Waals surface area contributed by atoms with Crippen molar-refractivity contribution in [3.8, 4) is 11.5 Å². The molecule has 0 aromatic heterocycles. The van der Waals surface area contributed by atoms with E-state index in [0.717, 1.165) is 24.3 Å². The Kier molecular flexibility index (Phi) is 4.32. The summed E-state index contributed by atoms with van der Waals surface area (Å²) in [7, 11) is 3.40. The van der Waals surface area contributed by atoms with Gasteiger partial charge in [-0.25, -0.2) is 0 Å². The van der Waals surface area contributed by atoms with E-state index in [4.69, 9.17) is 9.47 Å². The highest BCUT2D eigenvalue weighted by atomic mass is 16.5. The minimum atomic E-state index is 0.374. The topological polar surface area (TPSA) is 30.5 Å². The molecule has 22 heavy (non-hydrogen) atoms. The van der Waals surface area contributed by atoms with E-state index in [1.807, 2.05) is 0 Å². The van der Waals surface area contributed by atoms with Crippen LogP contribution >= 0.6 is 0 Å². The van der Waals surface area contributed by atoms with Crippen molar-refractivity contribution in [2.75, 3.05) is 19.5 Å². The van der Waals surface area contributed by atoms with Crippen LogP contribution in [0.4, 0.5) is 5.69 Å². The summed E-state index contributed by atoms with van der Waals surface area (Å²) < 4.78 is 10.9. The molecule has 1 atom stereocenters. The Hall–Kier alpha value is -1.64. The third kappa shape index (κ3) is 2.57. The number of hydrogen-bond donors (Lipinski definition) is 1. The van der Waals surface area contributed by atoms with Gasteiger partial charge in [-0.15, -0.1) is 6.58 Å². The molecule has 1 saturated carbocycles. The number of nitrogens with one attached hydrogen (secondary N) is 1. The molecule has 120 valence electrons. The van der Waals surface area contributed by atoms with E-state index in [-0.39, 0.29) is 0 Å². The second kappa shape index (κ2) is 6.23. The molecule has 0 amide bonds. The normalized spacial score (nSPS) is 22.5. The Bertz CT molecular complexity index is 547. The lowest BCUT2D eigenvalue weighted by Crippen LogP contribution is -2.46. The Morgan fingerprint density at radius 2 is 1.86 bits per heavy atom. The molecule has 0 bridgehead atoms. The summed E-state index contributed by atoms with van der Waals surface area (Å²) in [6, 6.07) is 4.72. The molecular formula is C19H27NO2. The third-order valence-corrected chi connectivity index (χ3v) is 5.47. The monoisotopic (exact) mass is 301 g/mol. The lowest BCUT2D eigenvalue weighted by atomic mass is 9.63. The molecule has 3 nitrogen and oxygen atoms in total. The summed E-state index contributed by atoms with van der Waals surface area (Å²) in [4.78, 5) is 0. The number of benzene rings is 1. The maximum absolute atomic E-state index is 5.48. The summed E-state index contributed by atoms with van der Waals surface area (Å²) in [5.41, 5.74) is 2.93. The zero-order valence-electron chi connectivity index (χ0n) is 13.8. The molecule has 3 heteroatoms. The zero-order chi connectivity index (χ0) is 15.6. The molecule has 1 fully saturated rings. The van der Waals surface area contributed by atoms with Crippen molar-refractivity contribution in [3.05, 3.63) is 30.4 Å². The van der Waals surface area contributed by atoms with E-state index in [1.165, 1.54) is 43.4 Å². The van der Waals surface area contributed by atoms with Gasteiger partial charge in [-0.1, -0.05) is 25.3 Å². The Morgan fingerprint density at radius 1 is 1.18 bits per heavy atom. The second-order valence-corrected chi connectivity index (χ2v) is 6.69. The van der Waals surface area contributed by atoms with Gasteiger partial charge in [0.15, 0.2) is 11.5 Å². The molecule has 1 spiro atoms. The van der Waals surface area contributed by atoms with Gasteiger partial charge in [0.2, 0.25) is 0 Å². The highest BCUT2D eigenvalue weighted by molar-refractivity contribution is 5.63. The highest BCUT2D eigenvalue weighted by Crippen LogP contribution is 2.50. The molecule has 1 aliphatic heterocycles. The molecule has 1 N–H and O–H groups in total. The maximum atomic E-state index is 5.48. The Balaban J connectivity index is 1.99. The van der Waals surface area contributed by atoms with Crippen LogP contribution < -0.4 is 14.8 Å². The zero-order valence-corrected chi connectivity index (χ0v) is 13.8. The van der Waals surface area contributed by atoms with Crippen LogP contribution in [0.5, 0.6) is 11.5 Å². The average molecular weight is 301 g/mol. The first-order chi connectivity index (χ1) is 10.7. The van der Waals surface area contributed by atoms with Gasteiger partial charge < -0.3 is 14.8 Å². The van der Waals surface area contributed by atoms with Crippen LogP contribution in [0.15, 0.2) is 24.8 Å². The molecule has 0 radical (unpaired) electrons. The molecule has 1 aromatic carbocycles. The number of rotatable bonds is 4. The van der Waals surface area contributed by atoms with Crippen molar-refractivity contribution in [1.29, 1.82) is 0 Å². The molecule has 1 unspecified atom stereocenters. The summed E-state index contributed by atoms with van der Waals surface area (Å²) in [5, 5.41) is 3.78. The van der Waals surface area contributed by atoms with E-state index in [2.05, 4.69) is 30.1 Å². The lowest BCUT2D eigenvalue weighted by molar-refractivity contribution is 0.148. The maximum Gasteiger partial charge on any atom is 0.162 e. The van der Waals surface area contributed by atoms with Crippen molar-refractivity contribution < 1.29 is 9.47 Å². The van der Waals surface area contributed by atoms with Gasteiger partial charge in [0.05, 0.1) is 14.2 Å². The predicted octanol–water partition coefficient (Wildman–Crippen LogP) is 4.57. The fourth-order valence-electron chi connectivity index (χ4n) is 4.30. The number of methoxy groups -OCH3 is 2. The van der Waals surface area contributed by atoms with Crippen LogP contribution in [-0.4, -0.2) is 20.3 Å². The van der Waals surface area contributed by atoms with Crippen molar-refractivity contribution in [1.82, 2.24) is 0 Å². The standard InChI is InChI=1S/C19H27NO2/c1-4-8-18-19(9-6-5-7-10-19)13-14-11-16(21-2)17(22-3)12-15(14)20-18/h4,11-12,18,20H,1,5-10,13H2,2-3H3. The van der Waals surface area contributed by atoms with Gasteiger partial charge in [-0.2, -0.15) is 0 Å². The van der Waals surface area contributed by atoms with Gasteiger partial charge in [0.25, 0.3) is 0 Å². The van der Waals surface area contributed by atoms with Crippen LogP contribution in [0.3, 0.4) is 0 Å². The smallest absolute Gasteiger partial charge is 0.162 e.